The quantitative estimate of drug-likeness (QED) is 0.822. The highest BCUT2D eigenvalue weighted by molar-refractivity contribution is 5.25. The second-order valence-electron chi connectivity index (χ2n) is 4.95. The van der Waals surface area contributed by atoms with Crippen LogP contribution in [0.25, 0.3) is 0 Å². The molecule has 1 atom stereocenters. The van der Waals surface area contributed by atoms with E-state index in [2.05, 4.69) is 12.2 Å². The molecule has 1 N–H and O–H groups in total. The lowest BCUT2D eigenvalue weighted by molar-refractivity contribution is -0.137. The molecule has 2 aromatic rings. The largest absolute Gasteiger partial charge is 0.416 e. The van der Waals surface area contributed by atoms with Crippen molar-refractivity contribution in [2.45, 2.75) is 32.1 Å². The van der Waals surface area contributed by atoms with Gasteiger partial charge in [-0.15, -0.1) is 0 Å². The van der Waals surface area contributed by atoms with Crippen molar-refractivity contribution in [1.82, 2.24) is 5.32 Å². The van der Waals surface area contributed by atoms with Gasteiger partial charge in [-0.1, -0.05) is 49.4 Å². The Morgan fingerprint density at radius 2 is 1.57 bits per heavy atom. The van der Waals surface area contributed by atoms with Crippen LogP contribution in [0.2, 0.25) is 0 Å². The van der Waals surface area contributed by atoms with E-state index < -0.39 is 11.7 Å². The highest BCUT2D eigenvalue weighted by Gasteiger charge is 2.29. The molecule has 0 bridgehead atoms. The van der Waals surface area contributed by atoms with Crippen LogP contribution in [0.15, 0.2) is 54.6 Å². The summed E-state index contributed by atoms with van der Waals surface area (Å²) in [6, 6.07) is 15.5. The molecule has 1 nitrogen and oxygen atoms in total. The van der Waals surface area contributed by atoms with E-state index in [1.807, 2.05) is 30.3 Å². The van der Waals surface area contributed by atoms with Crippen LogP contribution in [0.4, 0.5) is 13.2 Å². The van der Waals surface area contributed by atoms with Gasteiger partial charge >= 0.3 is 6.18 Å². The predicted octanol–water partition coefficient (Wildman–Crippen LogP) is 4.95. The molecule has 0 saturated carbocycles. The van der Waals surface area contributed by atoms with Crippen molar-refractivity contribution in [1.29, 1.82) is 0 Å². The Bertz CT molecular complexity index is 546. The van der Waals surface area contributed by atoms with Crippen LogP contribution in [-0.4, -0.2) is 0 Å². The number of nitrogens with one attached hydrogen (secondary N) is 1. The average Bonchev–Trinajstić information content (AvgIpc) is 2.48. The fraction of sp³-hybridized carbons (Fsp3) is 0.294. The molecule has 0 aliphatic carbocycles. The zero-order valence-corrected chi connectivity index (χ0v) is 11.8. The third-order valence-electron chi connectivity index (χ3n) is 3.44. The number of hydrogen-bond acceptors (Lipinski definition) is 1. The lowest BCUT2D eigenvalue weighted by Crippen LogP contribution is -2.20. The third kappa shape index (κ3) is 4.33. The van der Waals surface area contributed by atoms with Crippen molar-refractivity contribution in [2.24, 2.45) is 0 Å². The maximum Gasteiger partial charge on any atom is 0.416 e. The van der Waals surface area contributed by atoms with Gasteiger partial charge in [-0.3, -0.25) is 0 Å². The molecule has 1 unspecified atom stereocenters. The number of hydrogen-bond donors (Lipinski definition) is 1. The third-order valence-corrected chi connectivity index (χ3v) is 3.44. The van der Waals surface area contributed by atoms with Crippen molar-refractivity contribution >= 4 is 0 Å². The predicted molar refractivity (Wildman–Crippen MR) is 77.8 cm³/mol. The monoisotopic (exact) mass is 293 g/mol. The molecule has 21 heavy (non-hydrogen) atoms. The summed E-state index contributed by atoms with van der Waals surface area (Å²) in [5.74, 6) is 0. The number of rotatable bonds is 5. The van der Waals surface area contributed by atoms with Gasteiger partial charge in [-0.25, -0.2) is 0 Å². The molecule has 0 saturated heterocycles. The van der Waals surface area contributed by atoms with Crippen molar-refractivity contribution in [3.05, 3.63) is 71.3 Å². The standard InChI is InChI=1S/C17H18F3N/c1-2-16(14-6-4-3-5-7-14)21-12-13-8-10-15(11-9-13)17(18,19)20/h3-11,16,21H,2,12H2,1H3. The minimum Gasteiger partial charge on any atom is -0.306 e. The summed E-state index contributed by atoms with van der Waals surface area (Å²) in [4.78, 5) is 0. The summed E-state index contributed by atoms with van der Waals surface area (Å²) in [5.41, 5.74) is 1.42. The minimum atomic E-state index is -4.28. The summed E-state index contributed by atoms with van der Waals surface area (Å²) in [6.45, 7) is 2.63. The van der Waals surface area contributed by atoms with Crippen LogP contribution in [0.5, 0.6) is 0 Å². The van der Waals surface area contributed by atoms with Crippen molar-refractivity contribution in [3.8, 4) is 0 Å². The molecule has 2 aromatic carbocycles. The average molecular weight is 293 g/mol. The normalized spacial score (nSPS) is 13.1. The first-order chi connectivity index (χ1) is 10.0. The van der Waals surface area contributed by atoms with E-state index in [4.69, 9.17) is 0 Å². The van der Waals surface area contributed by atoms with E-state index in [1.54, 1.807) is 0 Å². The molecule has 0 aromatic heterocycles. The maximum absolute atomic E-state index is 12.5. The first kappa shape index (κ1) is 15.6. The van der Waals surface area contributed by atoms with Crippen LogP contribution in [0.3, 0.4) is 0 Å². The lowest BCUT2D eigenvalue weighted by atomic mass is 10.0. The molecule has 0 amide bonds. The van der Waals surface area contributed by atoms with E-state index in [9.17, 15) is 13.2 Å². The molecule has 0 aliphatic heterocycles. The second-order valence-corrected chi connectivity index (χ2v) is 4.95. The molecule has 0 heterocycles. The Morgan fingerprint density at radius 1 is 0.952 bits per heavy atom. The maximum atomic E-state index is 12.5. The van der Waals surface area contributed by atoms with Crippen molar-refractivity contribution < 1.29 is 13.2 Å². The van der Waals surface area contributed by atoms with Crippen LogP contribution in [0.1, 0.15) is 36.1 Å². The van der Waals surface area contributed by atoms with Gasteiger partial charge < -0.3 is 5.32 Å². The molecule has 0 fully saturated rings. The molecule has 0 spiro atoms. The molecule has 0 radical (unpaired) electrons. The van der Waals surface area contributed by atoms with E-state index >= 15 is 0 Å². The first-order valence-corrected chi connectivity index (χ1v) is 6.95. The number of alkyl halides is 3. The van der Waals surface area contributed by atoms with E-state index in [0.29, 0.717) is 6.54 Å². The summed E-state index contributed by atoms with van der Waals surface area (Å²) < 4.78 is 37.5. The fourth-order valence-electron chi connectivity index (χ4n) is 2.24. The summed E-state index contributed by atoms with van der Waals surface area (Å²) in [7, 11) is 0. The molecule has 2 rings (SSSR count). The summed E-state index contributed by atoms with van der Waals surface area (Å²) in [6.07, 6.45) is -3.35. The fourth-order valence-corrected chi connectivity index (χ4v) is 2.24. The van der Waals surface area contributed by atoms with Gasteiger partial charge in [0.25, 0.3) is 0 Å². The lowest BCUT2D eigenvalue weighted by Gasteiger charge is -2.17. The minimum absolute atomic E-state index is 0.202. The van der Waals surface area contributed by atoms with Crippen LogP contribution in [0, 0.1) is 0 Å². The van der Waals surface area contributed by atoms with Gasteiger partial charge in [-0.05, 0) is 29.7 Å². The van der Waals surface area contributed by atoms with Crippen molar-refractivity contribution in [3.63, 3.8) is 0 Å². The smallest absolute Gasteiger partial charge is 0.306 e. The zero-order valence-electron chi connectivity index (χ0n) is 11.8. The molecule has 0 aliphatic rings. The SMILES string of the molecule is CCC(NCc1ccc(C(F)(F)F)cc1)c1ccccc1. The van der Waals surface area contributed by atoms with Crippen molar-refractivity contribution in [2.75, 3.05) is 0 Å². The number of benzene rings is 2. The Balaban J connectivity index is 1.99. The summed E-state index contributed by atoms with van der Waals surface area (Å²) >= 11 is 0. The second kappa shape index (κ2) is 6.76. The van der Waals surface area contributed by atoms with Crippen LogP contribution < -0.4 is 5.32 Å². The Labute approximate surface area is 122 Å². The molecular formula is C17H18F3N. The van der Waals surface area contributed by atoms with Gasteiger partial charge in [0, 0.05) is 12.6 Å². The summed E-state index contributed by atoms with van der Waals surface area (Å²) in [5, 5.41) is 3.38. The zero-order chi connectivity index (χ0) is 15.3. The molecule has 112 valence electrons. The van der Waals surface area contributed by atoms with E-state index in [-0.39, 0.29) is 6.04 Å². The van der Waals surface area contributed by atoms with Gasteiger partial charge in [0.15, 0.2) is 0 Å². The van der Waals surface area contributed by atoms with E-state index in [0.717, 1.165) is 24.1 Å². The number of halogens is 3. The van der Waals surface area contributed by atoms with Gasteiger partial charge in [-0.2, -0.15) is 13.2 Å². The molecule has 4 heteroatoms. The Kier molecular flexibility index (Phi) is 5.02. The highest BCUT2D eigenvalue weighted by Crippen LogP contribution is 2.29. The van der Waals surface area contributed by atoms with Crippen LogP contribution in [-0.2, 0) is 12.7 Å². The van der Waals surface area contributed by atoms with Gasteiger partial charge in [0.2, 0.25) is 0 Å². The Morgan fingerprint density at radius 3 is 2.10 bits per heavy atom. The first-order valence-electron chi connectivity index (χ1n) is 6.95. The van der Waals surface area contributed by atoms with Gasteiger partial charge in [0.05, 0.1) is 5.56 Å². The van der Waals surface area contributed by atoms with Gasteiger partial charge in [0.1, 0.15) is 0 Å². The topological polar surface area (TPSA) is 12.0 Å². The molecular weight excluding hydrogens is 275 g/mol. The highest BCUT2D eigenvalue weighted by atomic mass is 19.4. The Hall–Kier alpha value is -1.81. The van der Waals surface area contributed by atoms with Crippen LogP contribution >= 0.6 is 0 Å². The van der Waals surface area contributed by atoms with E-state index in [1.165, 1.54) is 17.7 Å².